The van der Waals surface area contributed by atoms with Crippen molar-refractivity contribution in [1.82, 2.24) is 4.90 Å². The average Bonchev–Trinajstić information content (AvgIpc) is 3.12. The SMILES string of the molecule is COc1ccc(CCC2CCN(C3CC(=O)N(c4ccc(OC)cc4)C3=O)CC2)cc1. The van der Waals surface area contributed by atoms with Gasteiger partial charge in [0.2, 0.25) is 5.91 Å². The lowest BCUT2D eigenvalue weighted by molar-refractivity contribution is -0.123. The van der Waals surface area contributed by atoms with Crippen molar-refractivity contribution < 1.29 is 19.1 Å². The van der Waals surface area contributed by atoms with E-state index in [1.165, 1.54) is 10.5 Å². The summed E-state index contributed by atoms with van der Waals surface area (Å²) in [4.78, 5) is 29.2. The van der Waals surface area contributed by atoms with Gasteiger partial charge in [0.15, 0.2) is 0 Å². The molecule has 0 aromatic heterocycles. The van der Waals surface area contributed by atoms with Gasteiger partial charge in [-0.2, -0.15) is 0 Å². The molecule has 4 rings (SSSR count). The summed E-state index contributed by atoms with van der Waals surface area (Å²) in [6, 6.07) is 15.0. The van der Waals surface area contributed by atoms with E-state index in [-0.39, 0.29) is 24.3 Å². The number of piperidine rings is 1. The maximum atomic E-state index is 13.0. The van der Waals surface area contributed by atoms with Crippen molar-refractivity contribution in [3.8, 4) is 11.5 Å². The van der Waals surface area contributed by atoms with Gasteiger partial charge in [-0.3, -0.25) is 14.5 Å². The smallest absolute Gasteiger partial charge is 0.251 e. The number of anilines is 1. The Morgan fingerprint density at radius 2 is 1.45 bits per heavy atom. The summed E-state index contributed by atoms with van der Waals surface area (Å²) in [6.07, 6.45) is 4.60. The Bertz CT molecular complexity index is 902. The number of ether oxygens (including phenoxy) is 2. The highest BCUT2D eigenvalue weighted by atomic mass is 16.5. The predicted molar refractivity (Wildman–Crippen MR) is 120 cm³/mol. The molecule has 2 amide bonds. The van der Waals surface area contributed by atoms with Crippen LogP contribution in [0.25, 0.3) is 0 Å². The van der Waals surface area contributed by atoms with E-state index in [9.17, 15) is 9.59 Å². The number of carbonyl (C=O) groups is 2. The van der Waals surface area contributed by atoms with Gasteiger partial charge in [-0.05, 0) is 86.7 Å². The molecule has 6 nitrogen and oxygen atoms in total. The second-order valence-corrected chi connectivity index (χ2v) is 8.35. The highest BCUT2D eigenvalue weighted by Gasteiger charge is 2.43. The van der Waals surface area contributed by atoms with Crippen LogP contribution in [0.5, 0.6) is 11.5 Å². The number of nitrogens with zero attached hydrogens (tertiary/aromatic N) is 2. The zero-order valence-corrected chi connectivity index (χ0v) is 18.3. The minimum absolute atomic E-state index is 0.105. The standard InChI is InChI=1S/C25H30N2O4/c1-30-21-9-5-18(6-10-21)3-4-19-13-15-26(16-14-19)23-17-24(28)27(25(23)29)20-7-11-22(31-2)12-8-20/h5-12,19,23H,3-4,13-17H2,1-2H3. The summed E-state index contributed by atoms with van der Waals surface area (Å²) in [6.45, 7) is 1.74. The molecule has 0 N–H and O–H groups in total. The highest BCUT2D eigenvalue weighted by molar-refractivity contribution is 6.22. The maximum Gasteiger partial charge on any atom is 0.251 e. The number of hydrogen-bond donors (Lipinski definition) is 0. The van der Waals surface area contributed by atoms with Gasteiger partial charge in [-0.1, -0.05) is 12.1 Å². The molecule has 0 aliphatic carbocycles. The Morgan fingerprint density at radius 1 is 0.871 bits per heavy atom. The van der Waals surface area contributed by atoms with E-state index in [0.29, 0.717) is 17.4 Å². The molecule has 0 spiro atoms. The van der Waals surface area contributed by atoms with Gasteiger partial charge < -0.3 is 9.47 Å². The van der Waals surface area contributed by atoms with Crippen LogP contribution in [0.2, 0.25) is 0 Å². The molecule has 164 valence electrons. The normalized spacial score (nSPS) is 20.3. The third kappa shape index (κ3) is 4.74. The quantitative estimate of drug-likeness (QED) is 0.637. The molecule has 6 heteroatoms. The topological polar surface area (TPSA) is 59.1 Å². The first-order valence-corrected chi connectivity index (χ1v) is 11.0. The van der Waals surface area contributed by atoms with Gasteiger partial charge in [0, 0.05) is 0 Å². The summed E-state index contributed by atoms with van der Waals surface area (Å²) >= 11 is 0. The van der Waals surface area contributed by atoms with Crippen LogP contribution in [0.3, 0.4) is 0 Å². The van der Waals surface area contributed by atoms with Gasteiger partial charge >= 0.3 is 0 Å². The zero-order valence-electron chi connectivity index (χ0n) is 18.3. The number of carbonyl (C=O) groups excluding carboxylic acids is 2. The molecule has 2 aliphatic rings. The Labute approximate surface area is 183 Å². The number of rotatable bonds is 7. The molecular formula is C25H30N2O4. The first kappa shape index (κ1) is 21.4. The van der Waals surface area contributed by atoms with Gasteiger partial charge in [-0.15, -0.1) is 0 Å². The van der Waals surface area contributed by atoms with Crippen LogP contribution < -0.4 is 14.4 Å². The summed E-state index contributed by atoms with van der Waals surface area (Å²) < 4.78 is 10.4. The van der Waals surface area contributed by atoms with E-state index >= 15 is 0 Å². The fraction of sp³-hybridized carbons (Fsp3) is 0.440. The van der Waals surface area contributed by atoms with E-state index in [0.717, 1.165) is 44.5 Å². The molecule has 2 heterocycles. The summed E-state index contributed by atoms with van der Waals surface area (Å²) in [5.74, 6) is 2.02. The van der Waals surface area contributed by atoms with E-state index in [4.69, 9.17) is 9.47 Å². The number of likely N-dealkylation sites (tertiary alicyclic amines) is 1. The first-order chi connectivity index (χ1) is 15.1. The Morgan fingerprint density at radius 3 is 2.03 bits per heavy atom. The molecule has 2 aromatic carbocycles. The van der Waals surface area contributed by atoms with Crippen molar-refractivity contribution in [2.45, 2.75) is 38.1 Å². The molecule has 2 aliphatic heterocycles. The zero-order chi connectivity index (χ0) is 21.8. The minimum Gasteiger partial charge on any atom is -0.497 e. The second kappa shape index (κ2) is 9.52. The van der Waals surface area contributed by atoms with E-state index in [1.54, 1.807) is 38.5 Å². The lowest BCUT2D eigenvalue weighted by Gasteiger charge is -2.34. The lowest BCUT2D eigenvalue weighted by Crippen LogP contribution is -2.46. The molecule has 2 saturated heterocycles. The van der Waals surface area contributed by atoms with Crippen molar-refractivity contribution in [3.63, 3.8) is 0 Å². The van der Waals surface area contributed by atoms with Crippen molar-refractivity contribution in [2.24, 2.45) is 5.92 Å². The molecule has 2 aromatic rings. The summed E-state index contributed by atoms with van der Waals surface area (Å²) in [7, 11) is 3.28. The Hall–Kier alpha value is -2.86. The first-order valence-electron chi connectivity index (χ1n) is 11.0. The van der Waals surface area contributed by atoms with Crippen LogP contribution in [-0.2, 0) is 16.0 Å². The van der Waals surface area contributed by atoms with E-state index in [1.807, 2.05) is 12.1 Å². The molecule has 2 fully saturated rings. The molecule has 31 heavy (non-hydrogen) atoms. The Balaban J connectivity index is 1.30. The number of imide groups is 1. The van der Waals surface area contributed by atoms with Crippen LogP contribution in [0.1, 0.15) is 31.2 Å². The number of hydrogen-bond acceptors (Lipinski definition) is 5. The minimum atomic E-state index is -0.336. The van der Waals surface area contributed by atoms with Crippen LogP contribution in [0.4, 0.5) is 5.69 Å². The fourth-order valence-corrected chi connectivity index (χ4v) is 4.62. The fourth-order valence-electron chi connectivity index (χ4n) is 4.62. The molecule has 0 saturated carbocycles. The van der Waals surface area contributed by atoms with Gasteiger partial charge in [0.25, 0.3) is 5.91 Å². The van der Waals surface area contributed by atoms with Gasteiger partial charge in [0.05, 0.1) is 32.4 Å². The average molecular weight is 423 g/mol. The van der Waals surface area contributed by atoms with Crippen molar-refractivity contribution in [1.29, 1.82) is 0 Å². The summed E-state index contributed by atoms with van der Waals surface area (Å²) in [5.41, 5.74) is 1.95. The molecular weight excluding hydrogens is 392 g/mol. The van der Waals surface area contributed by atoms with Crippen molar-refractivity contribution in [2.75, 3.05) is 32.2 Å². The van der Waals surface area contributed by atoms with Crippen LogP contribution in [0, 0.1) is 5.92 Å². The Kier molecular flexibility index (Phi) is 6.56. The number of methoxy groups -OCH3 is 2. The molecule has 1 unspecified atom stereocenters. The third-order valence-corrected chi connectivity index (χ3v) is 6.54. The highest BCUT2D eigenvalue weighted by Crippen LogP contribution is 2.30. The number of amides is 2. The lowest BCUT2D eigenvalue weighted by atomic mass is 9.90. The van der Waals surface area contributed by atoms with Crippen molar-refractivity contribution in [3.05, 3.63) is 54.1 Å². The van der Waals surface area contributed by atoms with Crippen molar-refractivity contribution >= 4 is 17.5 Å². The molecule has 1 atom stereocenters. The predicted octanol–water partition coefficient (Wildman–Crippen LogP) is 3.68. The second-order valence-electron chi connectivity index (χ2n) is 8.35. The largest absolute Gasteiger partial charge is 0.497 e. The number of aryl methyl sites for hydroxylation is 1. The monoisotopic (exact) mass is 422 g/mol. The molecule has 0 radical (unpaired) electrons. The van der Waals surface area contributed by atoms with Gasteiger partial charge in [0.1, 0.15) is 11.5 Å². The molecule has 0 bridgehead atoms. The third-order valence-electron chi connectivity index (χ3n) is 6.54. The van der Waals surface area contributed by atoms with Crippen LogP contribution in [-0.4, -0.2) is 50.1 Å². The summed E-state index contributed by atoms with van der Waals surface area (Å²) in [5, 5.41) is 0. The van der Waals surface area contributed by atoms with Gasteiger partial charge in [-0.25, -0.2) is 4.90 Å². The van der Waals surface area contributed by atoms with E-state index in [2.05, 4.69) is 17.0 Å². The van der Waals surface area contributed by atoms with Crippen LogP contribution in [0.15, 0.2) is 48.5 Å². The van der Waals surface area contributed by atoms with E-state index < -0.39 is 0 Å². The maximum absolute atomic E-state index is 13.0. The van der Waals surface area contributed by atoms with Crippen LogP contribution >= 0.6 is 0 Å². The number of benzene rings is 2.